The van der Waals surface area contributed by atoms with Crippen LogP contribution in [0.1, 0.15) is 43.4 Å². The quantitative estimate of drug-likeness (QED) is 0.785. The van der Waals surface area contributed by atoms with E-state index in [0.717, 1.165) is 17.0 Å². The molecule has 6 heteroatoms. The minimum atomic E-state index is 0.0334. The van der Waals surface area contributed by atoms with E-state index < -0.39 is 0 Å². The summed E-state index contributed by atoms with van der Waals surface area (Å²) in [6.07, 6.45) is 4.56. The molecule has 1 atom stereocenters. The van der Waals surface area contributed by atoms with E-state index in [1.165, 1.54) is 12.8 Å². The number of amides is 1. The number of pyridine rings is 1. The van der Waals surface area contributed by atoms with E-state index in [0.29, 0.717) is 32.1 Å². The van der Waals surface area contributed by atoms with E-state index in [4.69, 9.17) is 10.3 Å². The predicted octanol–water partition coefficient (Wildman–Crippen LogP) is 1.48. The molecule has 2 aliphatic carbocycles. The maximum absolute atomic E-state index is 12.2. The number of likely N-dealkylation sites (N-methyl/N-ethyl adjacent to an activating group) is 1. The van der Waals surface area contributed by atoms with Crippen LogP contribution in [0.3, 0.4) is 0 Å². The second kappa shape index (κ2) is 7.54. The Morgan fingerprint density at radius 2 is 2.38 bits per heavy atom. The average molecular weight is 325 g/mol. The Hall–Kier alpha value is -2.26. The third-order valence-electron chi connectivity index (χ3n) is 4.49. The summed E-state index contributed by atoms with van der Waals surface area (Å²) < 4.78 is 0. The standard InChI is InChI=1S/C18H23N5O/c1-2-23(9-3-7-19)17(24)12-20-11-15-16-10-13(6-8-21-16)18(15)22-14-4-5-14/h6,8,10,14-15,20H,2-5,9,11-12H2,1H3. The molecule has 0 spiro atoms. The normalized spacial score (nSPS) is 20.2. The summed E-state index contributed by atoms with van der Waals surface area (Å²) in [5.41, 5.74) is 3.31. The van der Waals surface area contributed by atoms with Gasteiger partial charge in [0.05, 0.1) is 42.4 Å². The fourth-order valence-corrected chi connectivity index (χ4v) is 2.98. The molecular formula is C18H23N5O. The molecule has 0 aliphatic heterocycles. The van der Waals surface area contributed by atoms with Crippen molar-refractivity contribution in [3.63, 3.8) is 0 Å². The van der Waals surface area contributed by atoms with E-state index >= 15 is 0 Å². The van der Waals surface area contributed by atoms with Crippen molar-refractivity contribution in [3.05, 3.63) is 29.6 Å². The van der Waals surface area contributed by atoms with Gasteiger partial charge in [0, 0.05) is 25.8 Å². The number of carbonyl (C=O) groups excluding carboxylic acids is 1. The van der Waals surface area contributed by atoms with Crippen molar-refractivity contribution in [1.82, 2.24) is 15.2 Å². The monoisotopic (exact) mass is 325 g/mol. The maximum Gasteiger partial charge on any atom is 0.236 e. The summed E-state index contributed by atoms with van der Waals surface area (Å²) in [5, 5.41) is 11.9. The molecule has 0 saturated heterocycles. The molecule has 6 nitrogen and oxygen atoms in total. The van der Waals surface area contributed by atoms with Crippen molar-refractivity contribution in [1.29, 1.82) is 5.26 Å². The molecular weight excluding hydrogens is 302 g/mol. The number of hydrogen-bond acceptors (Lipinski definition) is 5. The predicted molar refractivity (Wildman–Crippen MR) is 91.9 cm³/mol. The highest BCUT2D eigenvalue weighted by molar-refractivity contribution is 6.08. The number of aromatic nitrogens is 1. The Balaban J connectivity index is 1.55. The highest BCUT2D eigenvalue weighted by Gasteiger charge is 2.31. The summed E-state index contributed by atoms with van der Waals surface area (Å²) in [5.74, 6) is 0.170. The van der Waals surface area contributed by atoms with Crippen molar-refractivity contribution in [2.45, 2.75) is 38.1 Å². The van der Waals surface area contributed by atoms with E-state index in [1.54, 1.807) is 4.90 Å². The first-order valence-electron chi connectivity index (χ1n) is 8.62. The molecule has 0 aromatic carbocycles. The lowest BCUT2D eigenvalue weighted by atomic mass is 10.0. The van der Waals surface area contributed by atoms with Gasteiger partial charge in [-0.1, -0.05) is 0 Å². The molecule has 24 heavy (non-hydrogen) atoms. The molecule has 2 bridgehead atoms. The molecule has 1 heterocycles. The van der Waals surface area contributed by atoms with Crippen LogP contribution in [-0.4, -0.2) is 53.7 Å². The molecule has 126 valence electrons. The average Bonchev–Trinajstić information content (AvgIpc) is 3.38. The molecule has 1 aromatic rings. The summed E-state index contributed by atoms with van der Waals surface area (Å²) >= 11 is 0. The number of nitriles is 1. The van der Waals surface area contributed by atoms with Crippen LogP contribution in [0.2, 0.25) is 0 Å². The minimum Gasteiger partial charge on any atom is -0.341 e. The van der Waals surface area contributed by atoms with Gasteiger partial charge in [-0.2, -0.15) is 5.26 Å². The molecule has 1 fully saturated rings. The van der Waals surface area contributed by atoms with Crippen LogP contribution in [0.4, 0.5) is 0 Å². The second-order valence-electron chi connectivity index (χ2n) is 6.28. The fraction of sp³-hybridized carbons (Fsp3) is 0.556. The Bertz CT molecular complexity index is 674. The van der Waals surface area contributed by atoms with E-state index in [9.17, 15) is 4.79 Å². The number of carbonyl (C=O) groups is 1. The lowest BCUT2D eigenvalue weighted by molar-refractivity contribution is -0.130. The molecule has 3 rings (SSSR count). The Morgan fingerprint density at radius 1 is 1.54 bits per heavy atom. The number of rotatable bonds is 8. The SMILES string of the molecule is CCN(CCC#N)C(=O)CNCC1C(=NC2CC2)c2ccnc1c2. The lowest BCUT2D eigenvalue weighted by Gasteiger charge is -2.20. The van der Waals surface area contributed by atoms with Gasteiger partial charge in [-0.25, -0.2) is 0 Å². The van der Waals surface area contributed by atoms with Crippen LogP contribution in [0.25, 0.3) is 0 Å². The molecule has 1 unspecified atom stereocenters. The van der Waals surface area contributed by atoms with Crippen molar-refractivity contribution >= 4 is 11.6 Å². The van der Waals surface area contributed by atoms with Gasteiger partial charge in [0.1, 0.15) is 0 Å². The topological polar surface area (TPSA) is 81.4 Å². The zero-order valence-corrected chi connectivity index (χ0v) is 14.0. The number of nitrogens with zero attached hydrogens (tertiary/aromatic N) is 4. The summed E-state index contributed by atoms with van der Waals surface area (Å²) in [6, 6.07) is 6.66. The van der Waals surface area contributed by atoms with Gasteiger partial charge < -0.3 is 10.2 Å². The van der Waals surface area contributed by atoms with E-state index in [1.807, 2.05) is 19.2 Å². The molecule has 1 amide bonds. The molecule has 1 aromatic heterocycles. The van der Waals surface area contributed by atoms with Crippen LogP contribution >= 0.6 is 0 Å². The third-order valence-corrected chi connectivity index (χ3v) is 4.49. The molecule has 0 radical (unpaired) electrons. The highest BCUT2D eigenvalue weighted by atomic mass is 16.2. The summed E-state index contributed by atoms with van der Waals surface area (Å²) in [4.78, 5) is 23.2. The van der Waals surface area contributed by atoms with Gasteiger partial charge in [0.2, 0.25) is 5.91 Å². The van der Waals surface area contributed by atoms with E-state index in [-0.39, 0.29) is 18.4 Å². The molecule has 2 aliphatic rings. The van der Waals surface area contributed by atoms with Gasteiger partial charge in [-0.3, -0.25) is 14.8 Å². The molecule has 1 saturated carbocycles. The van der Waals surface area contributed by atoms with Gasteiger partial charge >= 0.3 is 0 Å². The fourth-order valence-electron chi connectivity index (χ4n) is 2.98. The maximum atomic E-state index is 12.2. The zero-order chi connectivity index (χ0) is 16.9. The highest BCUT2D eigenvalue weighted by Crippen LogP contribution is 2.32. The van der Waals surface area contributed by atoms with E-state index in [2.05, 4.69) is 22.4 Å². The summed E-state index contributed by atoms with van der Waals surface area (Å²) in [7, 11) is 0. The Morgan fingerprint density at radius 3 is 3.08 bits per heavy atom. The number of nitrogens with one attached hydrogen (secondary N) is 1. The number of fused-ring (bicyclic) bond motifs is 2. The van der Waals surface area contributed by atoms with Crippen molar-refractivity contribution in [2.75, 3.05) is 26.2 Å². The Kier molecular flexibility index (Phi) is 5.21. The van der Waals surface area contributed by atoms with Crippen molar-refractivity contribution in [2.24, 2.45) is 4.99 Å². The van der Waals surface area contributed by atoms with Crippen LogP contribution in [0.15, 0.2) is 23.3 Å². The van der Waals surface area contributed by atoms with Crippen LogP contribution < -0.4 is 5.32 Å². The van der Waals surface area contributed by atoms with Crippen molar-refractivity contribution < 1.29 is 4.79 Å². The minimum absolute atomic E-state index is 0.0334. The zero-order valence-electron chi connectivity index (χ0n) is 14.0. The first-order valence-corrected chi connectivity index (χ1v) is 8.62. The van der Waals surface area contributed by atoms with Gasteiger partial charge in [0.15, 0.2) is 0 Å². The van der Waals surface area contributed by atoms with Crippen LogP contribution in [0.5, 0.6) is 0 Å². The first kappa shape index (κ1) is 16.6. The van der Waals surface area contributed by atoms with Crippen LogP contribution in [0, 0.1) is 11.3 Å². The first-order chi connectivity index (χ1) is 11.7. The largest absolute Gasteiger partial charge is 0.341 e. The smallest absolute Gasteiger partial charge is 0.236 e. The Labute approximate surface area is 142 Å². The lowest BCUT2D eigenvalue weighted by Crippen LogP contribution is -2.40. The molecule has 1 N–H and O–H groups in total. The van der Waals surface area contributed by atoms with Gasteiger partial charge in [-0.05, 0) is 37.5 Å². The second-order valence-corrected chi connectivity index (χ2v) is 6.28. The van der Waals surface area contributed by atoms with Gasteiger partial charge in [0.25, 0.3) is 0 Å². The number of hydrogen-bond donors (Lipinski definition) is 1. The third kappa shape index (κ3) is 3.80. The van der Waals surface area contributed by atoms with Crippen LogP contribution in [-0.2, 0) is 4.79 Å². The van der Waals surface area contributed by atoms with Gasteiger partial charge in [-0.15, -0.1) is 0 Å². The van der Waals surface area contributed by atoms with Crippen molar-refractivity contribution in [3.8, 4) is 6.07 Å². The summed E-state index contributed by atoms with van der Waals surface area (Å²) in [6.45, 7) is 3.99. The number of aliphatic imine (C=N–C) groups is 1.